The van der Waals surface area contributed by atoms with Gasteiger partial charge in [0.1, 0.15) is 0 Å². The molecular weight excluding hydrogens is 295 g/mol. The summed E-state index contributed by atoms with van der Waals surface area (Å²) in [4.78, 5) is 0. The standard InChI is InChI=1S/C22H47P/c1-5-9-13-17-21(18-14-10-6-2)22(23,19-15-11-7-3)20-16-12-8-4/h21H,5-20,23H2,1-4H3. The molecule has 0 bridgehead atoms. The van der Waals surface area contributed by atoms with Crippen molar-refractivity contribution >= 4 is 9.24 Å². The van der Waals surface area contributed by atoms with Crippen molar-refractivity contribution in [2.75, 3.05) is 0 Å². The van der Waals surface area contributed by atoms with E-state index in [1.165, 1.54) is 103 Å². The Morgan fingerprint density at radius 2 is 0.913 bits per heavy atom. The van der Waals surface area contributed by atoms with Crippen LogP contribution >= 0.6 is 9.24 Å². The molecule has 0 aromatic heterocycles. The van der Waals surface area contributed by atoms with Crippen LogP contribution in [0.25, 0.3) is 0 Å². The fourth-order valence-corrected chi connectivity index (χ4v) is 4.68. The molecular formula is C22H47P. The van der Waals surface area contributed by atoms with Crippen LogP contribution in [0.1, 0.15) is 130 Å². The minimum Gasteiger partial charge on any atom is -0.131 e. The molecule has 0 nitrogen and oxygen atoms in total. The fraction of sp³-hybridized carbons (Fsp3) is 1.00. The molecule has 0 radical (unpaired) electrons. The Balaban J connectivity index is 4.74. The van der Waals surface area contributed by atoms with Gasteiger partial charge >= 0.3 is 0 Å². The predicted molar refractivity (Wildman–Crippen MR) is 112 cm³/mol. The lowest BCUT2D eigenvalue weighted by Crippen LogP contribution is -2.32. The first-order valence-corrected chi connectivity index (χ1v) is 11.5. The molecule has 1 heteroatoms. The third-order valence-corrected chi connectivity index (χ3v) is 6.67. The van der Waals surface area contributed by atoms with Crippen LogP contribution in [0, 0.1) is 5.92 Å². The second-order valence-corrected chi connectivity index (χ2v) is 8.99. The summed E-state index contributed by atoms with van der Waals surface area (Å²) in [5.74, 6) is 0.944. The molecule has 140 valence electrons. The molecule has 0 aromatic carbocycles. The molecule has 0 heterocycles. The van der Waals surface area contributed by atoms with Crippen molar-refractivity contribution in [3.63, 3.8) is 0 Å². The van der Waals surface area contributed by atoms with Crippen molar-refractivity contribution in [1.82, 2.24) is 0 Å². The van der Waals surface area contributed by atoms with Gasteiger partial charge in [0.25, 0.3) is 0 Å². The molecule has 0 N–H and O–H groups in total. The molecule has 0 aromatic rings. The van der Waals surface area contributed by atoms with Gasteiger partial charge in [-0.2, -0.15) is 0 Å². The van der Waals surface area contributed by atoms with Gasteiger partial charge in [0, 0.05) is 0 Å². The van der Waals surface area contributed by atoms with E-state index in [-0.39, 0.29) is 0 Å². The smallest absolute Gasteiger partial charge is 0.0122 e. The quantitative estimate of drug-likeness (QED) is 0.183. The highest BCUT2D eigenvalue weighted by atomic mass is 31.0. The van der Waals surface area contributed by atoms with Crippen molar-refractivity contribution in [3.05, 3.63) is 0 Å². The molecule has 1 atom stereocenters. The van der Waals surface area contributed by atoms with E-state index in [4.69, 9.17) is 0 Å². The van der Waals surface area contributed by atoms with Gasteiger partial charge in [0.05, 0.1) is 0 Å². The van der Waals surface area contributed by atoms with Gasteiger partial charge < -0.3 is 0 Å². The Kier molecular flexibility index (Phi) is 16.2. The Labute approximate surface area is 151 Å². The van der Waals surface area contributed by atoms with Crippen molar-refractivity contribution < 1.29 is 0 Å². The first-order valence-electron chi connectivity index (χ1n) is 10.9. The Morgan fingerprint density at radius 1 is 0.565 bits per heavy atom. The zero-order valence-electron chi connectivity index (χ0n) is 17.0. The second-order valence-electron chi connectivity index (χ2n) is 7.84. The molecule has 23 heavy (non-hydrogen) atoms. The summed E-state index contributed by atoms with van der Waals surface area (Å²) >= 11 is 0. The number of rotatable bonds is 17. The maximum absolute atomic E-state index is 3.39. The molecule has 1 unspecified atom stereocenters. The fourth-order valence-electron chi connectivity index (χ4n) is 3.94. The highest BCUT2D eigenvalue weighted by Crippen LogP contribution is 2.43. The summed E-state index contributed by atoms with van der Waals surface area (Å²) in [5, 5.41) is 0.534. The molecule has 0 saturated heterocycles. The first kappa shape index (κ1) is 23.4. The molecule has 0 fully saturated rings. The van der Waals surface area contributed by atoms with Crippen molar-refractivity contribution in [2.45, 2.75) is 136 Å². The Morgan fingerprint density at radius 3 is 1.26 bits per heavy atom. The largest absolute Gasteiger partial charge is 0.131 e. The molecule has 0 saturated carbocycles. The van der Waals surface area contributed by atoms with E-state index >= 15 is 0 Å². The van der Waals surface area contributed by atoms with Gasteiger partial charge in [-0.15, -0.1) is 9.24 Å². The van der Waals surface area contributed by atoms with Crippen molar-refractivity contribution in [1.29, 1.82) is 0 Å². The molecule has 0 spiro atoms. The van der Waals surface area contributed by atoms with Crippen LogP contribution < -0.4 is 0 Å². The van der Waals surface area contributed by atoms with Gasteiger partial charge in [-0.25, -0.2) is 0 Å². The van der Waals surface area contributed by atoms with Gasteiger partial charge in [-0.1, -0.05) is 105 Å². The SMILES string of the molecule is CCCCCC(CCCCC)C(P)(CCCCC)CCCCC. The summed E-state index contributed by atoms with van der Waals surface area (Å²) in [6.07, 6.45) is 22.7. The van der Waals surface area contributed by atoms with Crippen LogP contribution in [0.3, 0.4) is 0 Å². The lowest BCUT2D eigenvalue weighted by molar-refractivity contribution is 0.272. The van der Waals surface area contributed by atoms with Gasteiger partial charge in [0.2, 0.25) is 0 Å². The van der Waals surface area contributed by atoms with Crippen LogP contribution in [0.2, 0.25) is 0 Å². The lowest BCUT2D eigenvalue weighted by atomic mass is 9.77. The molecule has 0 rings (SSSR count). The minimum absolute atomic E-state index is 0.534. The molecule has 0 aliphatic carbocycles. The number of hydrogen-bond acceptors (Lipinski definition) is 0. The van der Waals surface area contributed by atoms with E-state index in [9.17, 15) is 0 Å². The van der Waals surface area contributed by atoms with Crippen LogP contribution in [-0.2, 0) is 0 Å². The minimum atomic E-state index is 0.534. The summed E-state index contributed by atoms with van der Waals surface area (Å²) in [6.45, 7) is 9.34. The van der Waals surface area contributed by atoms with E-state index in [1.54, 1.807) is 0 Å². The maximum atomic E-state index is 3.39. The van der Waals surface area contributed by atoms with Gasteiger partial charge in [0.15, 0.2) is 0 Å². The van der Waals surface area contributed by atoms with Crippen molar-refractivity contribution in [3.8, 4) is 0 Å². The van der Waals surface area contributed by atoms with E-state index < -0.39 is 0 Å². The van der Waals surface area contributed by atoms with Crippen molar-refractivity contribution in [2.24, 2.45) is 5.92 Å². The van der Waals surface area contributed by atoms with E-state index in [2.05, 4.69) is 36.9 Å². The van der Waals surface area contributed by atoms with Crippen LogP contribution in [0.4, 0.5) is 0 Å². The predicted octanol–water partition coefficient (Wildman–Crippen LogP) is 8.54. The summed E-state index contributed by atoms with van der Waals surface area (Å²) in [5.41, 5.74) is 0. The zero-order valence-corrected chi connectivity index (χ0v) is 18.1. The van der Waals surface area contributed by atoms with Crippen LogP contribution in [0.15, 0.2) is 0 Å². The number of unbranched alkanes of at least 4 members (excludes halogenated alkanes) is 8. The van der Waals surface area contributed by atoms with E-state index in [0.29, 0.717) is 5.16 Å². The highest BCUT2D eigenvalue weighted by molar-refractivity contribution is 7.19. The number of hydrogen-bond donors (Lipinski definition) is 0. The Bertz CT molecular complexity index is 216. The molecule has 0 aliphatic heterocycles. The highest BCUT2D eigenvalue weighted by Gasteiger charge is 2.32. The Hall–Kier alpha value is 0.430. The summed E-state index contributed by atoms with van der Waals surface area (Å²) < 4.78 is 0. The third-order valence-electron chi connectivity index (χ3n) is 5.62. The first-order chi connectivity index (χ1) is 11.1. The third kappa shape index (κ3) is 11.6. The van der Waals surface area contributed by atoms with E-state index in [1.807, 2.05) is 0 Å². The summed E-state index contributed by atoms with van der Waals surface area (Å²) in [6, 6.07) is 0. The topological polar surface area (TPSA) is 0 Å². The molecule has 0 amide bonds. The van der Waals surface area contributed by atoms with Gasteiger partial charge in [-0.3, -0.25) is 0 Å². The summed E-state index contributed by atoms with van der Waals surface area (Å²) in [7, 11) is 3.39. The average Bonchev–Trinajstić information content (AvgIpc) is 2.54. The van der Waals surface area contributed by atoms with Crippen LogP contribution in [0.5, 0.6) is 0 Å². The van der Waals surface area contributed by atoms with E-state index in [0.717, 1.165) is 5.92 Å². The molecule has 0 aliphatic rings. The normalized spacial score (nSPS) is 12.3. The van der Waals surface area contributed by atoms with Gasteiger partial charge in [-0.05, 0) is 36.8 Å². The zero-order chi connectivity index (χ0) is 17.4. The maximum Gasteiger partial charge on any atom is -0.0122 e. The average molecular weight is 343 g/mol. The van der Waals surface area contributed by atoms with Crippen LogP contribution in [-0.4, -0.2) is 5.16 Å². The second kappa shape index (κ2) is 15.9. The monoisotopic (exact) mass is 342 g/mol. The lowest BCUT2D eigenvalue weighted by Gasteiger charge is -2.39.